The molecule has 0 amide bonds. The van der Waals surface area contributed by atoms with Crippen molar-refractivity contribution >= 4 is 0 Å². The molecule has 0 fully saturated rings. The van der Waals surface area contributed by atoms with Gasteiger partial charge in [0.25, 0.3) is 5.56 Å². The number of hydrogen-bond acceptors (Lipinski definition) is 5. The number of nitrogens with one attached hydrogen (secondary N) is 1. The van der Waals surface area contributed by atoms with Crippen molar-refractivity contribution in [1.29, 1.82) is 0 Å². The second-order valence-corrected chi connectivity index (χ2v) is 6.79. The first kappa shape index (κ1) is 18.2. The number of fused-ring (bicyclic) bond motifs is 1. The van der Waals surface area contributed by atoms with E-state index in [4.69, 9.17) is 4.74 Å². The number of rotatable bonds is 4. The van der Waals surface area contributed by atoms with Crippen LogP contribution in [0.3, 0.4) is 0 Å². The molecule has 0 atom stereocenters. The lowest BCUT2D eigenvalue weighted by molar-refractivity contribution is 0.240. The van der Waals surface area contributed by atoms with E-state index in [2.05, 4.69) is 9.97 Å². The molecule has 28 heavy (non-hydrogen) atoms. The first-order valence-electron chi connectivity index (χ1n) is 9.00. The van der Waals surface area contributed by atoms with E-state index in [1.54, 1.807) is 6.07 Å². The molecule has 3 aromatic rings. The number of nitrogens with zero attached hydrogens (tertiary/aromatic N) is 2. The summed E-state index contributed by atoms with van der Waals surface area (Å²) in [4.78, 5) is 22.2. The largest absolute Gasteiger partial charge is 0.502 e. The van der Waals surface area contributed by atoms with Crippen LogP contribution in [0.25, 0.3) is 11.4 Å². The van der Waals surface area contributed by atoms with Gasteiger partial charge in [-0.3, -0.25) is 9.69 Å². The van der Waals surface area contributed by atoms with Crippen molar-refractivity contribution in [3.8, 4) is 22.9 Å². The van der Waals surface area contributed by atoms with Crippen molar-refractivity contribution in [3.05, 3.63) is 75.5 Å². The van der Waals surface area contributed by atoms with Crippen molar-refractivity contribution in [1.82, 2.24) is 14.9 Å². The van der Waals surface area contributed by atoms with Crippen LogP contribution in [0.5, 0.6) is 11.5 Å². The molecule has 0 unspecified atom stereocenters. The van der Waals surface area contributed by atoms with Gasteiger partial charge < -0.3 is 14.8 Å². The van der Waals surface area contributed by atoms with E-state index in [9.17, 15) is 14.3 Å². The summed E-state index contributed by atoms with van der Waals surface area (Å²) in [5.41, 5.74) is 2.82. The molecule has 6 nitrogen and oxygen atoms in total. The molecule has 4 rings (SSSR count). The molecule has 2 N–H and O–H groups in total. The molecule has 1 aromatic heterocycles. The fourth-order valence-corrected chi connectivity index (χ4v) is 3.48. The van der Waals surface area contributed by atoms with Gasteiger partial charge in [0.05, 0.1) is 18.4 Å². The van der Waals surface area contributed by atoms with Crippen molar-refractivity contribution in [3.63, 3.8) is 0 Å². The molecule has 7 heteroatoms. The summed E-state index contributed by atoms with van der Waals surface area (Å²) in [5.74, 6) is -0.550. The van der Waals surface area contributed by atoms with Gasteiger partial charge in [0.15, 0.2) is 17.3 Å². The highest BCUT2D eigenvalue weighted by Crippen LogP contribution is 2.31. The molecular formula is C21H20FN3O3. The van der Waals surface area contributed by atoms with Crippen LogP contribution in [0.4, 0.5) is 4.39 Å². The Morgan fingerprint density at radius 1 is 1.29 bits per heavy atom. The van der Waals surface area contributed by atoms with Gasteiger partial charge in [-0.2, -0.15) is 0 Å². The Kier molecular flexibility index (Phi) is 4.83. The Bertz CT molecular complexity index is 1070. The molecule has 1 aliphatic heterocycles. The Morgan fingerprint density at radius 3 is 2.82 bits per heavy atom. The van der Waals surface area contributed by atoms with Crippen LogP contribution in [-0.4, -0.2) is 33.6 Å². The Hall–Kier alpha value is -3.19. The lowest BCUT2D eigenvalue weighted by Gasteiger charge is -2.28. The third-order valence-electron chi connectivity index (χ3n) is 4.91. The lowest BCUT2D eigenvalue weighted by Crippen LogP contribution is -2.35. The van der Waals surface area contributed by atoms with E-state index in [1.165, 1.54) is 13.2 Å². The number of ether oxygens (including phenoxy) is 1. The van der Waals surface area contributed by atoms with E-state index in [0.717, 1.165) is 11.3 Å². The summed E-state index contributed by atoms with van der Waals surface area (Å²) in [7, 11) is 1.38. The van der Waals surface area contributed by atoms with Crippen molar-refractivity contribution in [2.75, 3.05) is 13.7 Å². The third-order valence-corrected chi connectivity index (χ3v) is 4.91. The minimum absolute atomic E-state index is 0.0967. The van der Waals surface area contributed by atoms with Gasteiger partial charge in [0.2, 0.25) is 0 Å². The molecule has 1 aliphatic rings. The molecule has 0 radical (unpaired) electrons. The average molecular weight is 381 g/mol. The monoisotopic (exact) mass is 381 g/mol. The van der Waals surface area contributed by atoms with Gasteiger partial charge in [-0.1, -0.05) is 30.3 Å². The second-order valence-electron chi connectivity index (χ2n) is 6.79. The van der Waals surface area contributed by atoms with Gasteiger partial charge in [-0.15, -0.1) is 0 Å². The maximum atomic E-state index is 13.9. The first-order valence-corrected chi connectivity index (χ1v) is 9.00. The molecule has 0 aliphatic carbocycles. The molecule has 144 valence electrons. The van der Waals surface area contributed by atoms with Crippen LogP contribution < -0.4 is 10.3 Å². The highest BCUT2D eigenvalue weighted by atomic mass is 19.1. The van der Waals surface area contributed by atoms with Crippen LogP contribution in [0.15, 0.2) is 47.3 Å². The number of methoxy groups -OCH3 is 1. The molecule has 0 bridgehead atoms. The van der Waals surface area contributed by atoms with Gasteiger partial charge in [0, 0.05) is 31.6 Å². The summed E-state index contributed by atoms with van der Waals surface area (Å²) in [6.07, 6.45) is 0.636. The van der Waals surface area contributed by atoms with Crippen LogP contribution in [0.1, 0.15) is 16.8 Å². The van der Waals surface area contributed by atoms with Crippen LogP contribution in [0.2, 0.25) is 0 Å². The molecular weight excluding hydrogens is 361 g/mol. The van der Waals surface area contributed by atoms with Gasteiger partial charge >= 0.3 is 0 Å². The molecule has 2 heterocycles. The minimum Gasteiger partial charge on any atom is -0.502 e. The predicted octanol–water partition coefficient (Wildman–Crippen LogP) is 2.85. The Balaban J connectivity index is 1.57. The summed E-state index contributed by atoms with van der Waals surface area (Å²) in [6.45, 7) is 1.56. The van der Waals surface area contributed by atoms with E-state index in [-0.39, 0.29) is 11.3 Å². The number of phenols is 1. The third kappa shape index (κ3) is 3.48. The molecule has 0 spiro atoms. The number of benzene rings is 2. The number of hydrogen-bond donors (Lipinski definition) is 2. The number of phenolic OH excluding ortho intramolecular Hbond substituents is 1. The topological polar surface area (TPSA) is 78.5 Å². The van der Waals surface area contributed by atoms with E-state index >= 15 is 0 Å². The van der Waals surface area contributed by atoms with E-state index < -0.39 is 11.6 Å². The predicted molar refractivity (Wildman–Crippen MR) is 103 cm³/mol. The fourth-order valence-electron chi connectivity index (χ4n) is 3.48. The lowest BCUT2D eigenvalue weighted by atomic mass is 10.0. The van der Waals surface area contributed by atoms with Crippen LogP contribution in [-0.2, 0) is 19.5 Å². The van der Waals surface area contributed by atoms with Crippen LogP contribution >= 0.6 is 0 Å². The van der Waals surface area contributed by atoms with Crippen molar-refractivity contribution < 1.29 is 14.2 Å². The maximum Gasteiger partial charge on any atom is 0.255 e. The van der Waals surface area contributed by atoms with Gasteiger partial charge in [-0.25, -0.2) is 9.37 Å². The Morgan fingerprint density at radius 2 is 2.07 bits per heavy atom. The molecule has 0 saturated carbocycles. The van der Waals surface area contributed by atoms with Crippen molar-refractivity contribution in [2.45, 2.75) is 19.5 Å². The molecule has 0 saturated heterocycles. The van der Waals surface area contributed by atoms with Crippen LogP contribution in [0, 0.1) is 5.82 Å². The summed E-state index contributed by atoms with van der Waals surface area (Å²) < 4.78 is 18.9. The van der Waals surface area contributed by atoms with Gasteiger partial charge in [-0.05, 0) is 17.7 Å². The standard InChI is InChI=1S/C21H20FN3O3/c1-28-18-10-13(9-16(22)19(18)26)11-25-8-7-17-15(12-25)21(27)24-20(23-17)14-5-3-2-4-6-14/h2-6,9-10,26H,7-8,11-12H2,1H3,(H,23,24,27). The van der Waals surface area contributed by atoms with E-state index in [0.29, 0.717) is 43.0 Å². The summed E-state index contributed by atoms with van der Waals surface area (Å²) in [6, 6.07) is 12.4. The first-order chi connectivity index (χ1) is 13.5. The maximum absolute atomic E-state index is 13.9. The summed E-state index contributed by atoms with van der Waals surface area (Å²) >= 11 is 0. The quantitative estimate of drug-likeness (QED) is 0.727. The zero-order valence-electron chi connectivity index (χ0n) is 15.4. The van der Waals surface area contributed by atoms with Gasteiger partial charge in [0.1, 0.15) is 5.82 Å². The average Bonchev–Trinajstić information content (AvgIpc) is 2.71. The molecule has 2 aromatic carbocycles. The highest BCUT2D eigenvalue weighted by Gasteiger charge is 2.22. The van der Waals surface area contributed by atoms with E-state index in [1.807, 2.05) is 35.2 Å². The minimum atomic E-state index is -0.723. The number of aromatic amines is 1. The SMILES string of the molecule is COc1cc(CN2CCc3nc(-c4ccccc4)[nH]c(=O)c3C2)cc(F)c1O. The summed E-state index contributed by atoms with van der Waals surface area (Å²) in [5, 5.41) is 9.65. The number of H-pyrrole nitrogens is 1. The normalized spacial score (nSPS) is 13.9. The Labute approximate surface area is 161 Å². The zero-order valence-corrected chi connectivity index (χ0v) is 15.4. The second kappa shape index (κ2) is 7.44. The smallest absolute Gasteiger partial charge is 0.255 e. The number of halogens is 1. The number of aromatic nitrogens is 2. The zero-order chi connectivity index (χ0) is 19.7. The van der Waals surface area contributed by atoms with Crippen molar-refractivity contribution in [2.24, 2.45) is 0 Å². The fraction of sp³-hybridized carbons (Fsp3) is 0.238. The highest BCUT2D eigenvalue weighted by molar-refractivity contribution is 5.54. The number of aromatic hydroxyl groups is 1.